The molecule has 0 aromatic carbocycles. The van der Waals surface area contributed by atoms with E-state index in [-0.39, 0.29) is 0 Å². The van der Waals surface area contributed by atoms with Crippen molar-refractivity contribution in [1.29, 1.82) is 0 Å². The van der Waals surface area contributed by atoms with Crippen molar-refractivity contribution in [2.24, 2.45) is 22.6 Å². The highest BCUT2D eigenvalue weighted by Gasteiger charge is 2.23. The first-order valence-corrected chi connectivity index (χ1v) is 8.45. The third kappa shape index (κ3) is 6.23. The smallest absolute Gasteiger partial charge is 0.188 e. The SMILES string of the molecule is CC(C)CCNC(N)=NCC1CCS(=O)(=O)CC1. The predicted molar refractivity (Wildman–Crippen MR) is 75.3 cm³/mol. The van der Waals surface area contributed by atoms with Crippen LogP contribution in [-0.4, -0.2) is 39.0 Å². The molecule has 1 heterocycles. The molecule has 0 unspecified atom stereocenters. The highest BCUT2D eigenvalue weighted by Crippen LogP contribution is 2.18. The van der Waals surface area contributed by atoms with Crippen LogP contribution < -0.4 is 11.1 Å². The van der Waals surface area contributed by atoms with Crippen LogP contribution in [0, 0.1) is 11.8 Å². The van der Waals surface area contributed by atoms with Crippen molar-refractivity contribution in [3.8, 4) is 0 Å². The molecule has 106 valence electrons. The van der Waals surface area contributed by atoms with E-state index in [1.807, 2.05) is 0 Å². The zero-order valence-electron chi connectivity index (χ0n) is 11.4. The van der Waals surface area contributed by atoms with Crippen LogP contribution in [0.2, 0.25) is 0 Å². The lowest BCUT2D eigenvalue weighted by atomic mass is 10.0. The number of nitrogens with zero attached hydrogens (tertiary/aromatic N) is 1. The minimum Gasteiger partial charge on any atom is -0.370 e. The third-order valence-electron chi connectivity index (χ3n) is 3.22. The van der Waals surface area contributed by atoms with Gasteiger partial charge >= 0.3 is 0 Å². The summed E-state index contributed by atoms with van der Waals surface area (Å²) in [6, 6.07) is 0. The number of hydrogen-bond donors (Lipinski definition) is 2. The fourth-order valence-electron chi connectivity index (χ4n) is 1.89. The molecule has 0 saturated carbocycles. The van der Waals surface area contributed by atoms with E-state index < -0.39 is 9.84 Å². The standard InChI is InChI=1S/C12H25N3O2S/c1-10(2)3-6-14-12(13)15-9-11-4-7-18(16,17)8-5-11/h10-11H,3-9H2,1-2H3,(H3,13,14,15). The molecule has 0 radical (unpaired) electrons. The van der Waals surface area contributed by atoms with Crippen molar-refractivity contribution in [3.05, 3.63) is 0 Å². The molecule has 0 aliphatic carbocycles. The monoisotopic (exact) mass is 275 g/mol. The van der Waals surface area contributed by atoms with E-state index in [2.05, 4.69) is 24.2 Å². The Hall–Kier alpha value is -0.780. The number of sulfone groups is 1. The summed E-state index contributed by atoms with van der Waals surface area (Å²) >= 11 is 0. The summed E-state index contributed by atoms with van der Waals surface area (Å²) < 4.78 is 22.5. The largest absolute Gasteiger partial charge is 0.370 e. The Morgan fingerprint density at radius 2 is 2.00 bits per heavy atom. The summed E-state index contributed by atoms with van der Waals surface area (Å²) in [6.45, 7) is 5.80. The molecule has 5 nitrogen and oxygen atoms in total. The summed E-state index contributed by atoms with van der Waals surface area (Å²) in [7, 11) is -2.77. The molecule has 18 heavy (non-hydrogen) atoms. The second-order valence-corrected chi connectivity index (χ2v) is 7.73. The Bertz CT molecular complexity index is 363. The van der Waals surface area contributed by atoms with Crippen LogP contribution in [0.15, 0.2) is 4.99 Å². The molecule has 1 aliphatic heterocycles. The molecule has 0 aromatic rings. The van der Waals surface area contributed by atoms with Crippen LogP contribution in [-0.2, 0) is 9.84 Å². The van der Waals surface area contributed by atoms with Crippen molar-refractivity contribution in [2.45, 2.75) is 33.1 Å². The van der Waals surface area contributed by atoms with Gasteiger partial charge in [0.2, 0.25) is 0 Å². The first kappa shape index (κ1) is 15.3. The van der Waals surface area contributed by atoms with Crippen LogP contribution in [0.1, 0.15) is 33.1 Å². The van der Waals surface area contributed by atoms with E-state index in [9.17, 15) is 8.42 Å². The number of rotatable bonds is 5. The van der Waals surface area contributed by atoms with Crippen molar-refractivity contribution >= 4 is 15.8 Å². The van der Waals surface area contributed by atoms with Gasteiger partial charge in [0, 0.05) is 13.1 Å². The Kier molecular flexibility index (Phi) is 5.91. The summed E-state index contributed by atoms with van der Waals surface area (Å²) in [5.41, 5.74) is 5.75. The van der Waals surface area contributed by atoms with Crippen LogP contribution in [0.5, 0.6) is 0 Å². The minimum absolute atomic E-state index is 0.299. The van der Waals surface area contributed by atoms with Crippen molar-refractivity contribution in [3.63, 3.8) is 0 Å². The molecule has 1 rings (SSSR count). The van der Waals surface area contributed by atoms with Gasteiger partial charge in [-0.2, -0.15) is 0 Å². The van der Waals surface area contributed by atoms with Gasteiger partial charge in [-0.15, -0.1) is 0 Å². The zero-order chi connectivity index (χ0) is 13.6. The van der Waals surface area contributed by atoms with Gasteiger partial charge in [-0.3, -0.25) is 4.99 Å². The highest BCUT2D eigenvalue weighted by molar-refractivity contribution is 7.91. The first-order valence-electron chi connectivity index (χ1n) is 6.63. The first-order chi connectivity index (χ1) is 8.39. The summed E-state index contributed by atoms with van der Waals surface area (Å²) in [5, 5.41) is 3.08. The second kappa shape index (κ2) is 6.97. The molecule has 0 spiro atoms. The van der Waals surface area contributed by atoms with Crippen LogP contribution in [0.4, 0.5) is 0 Å². The van der Waals surface area contributed by atoms with Crippen molar-refractivity contribution < 1.29 is 8.42 Å². The Morgan fingerprint density at radius 3 is 2.56 bits per heavy atom. The quantitative estimate of drug-likeness (QED) is 0.573. The fraction of sp³-hybridized carbons (Fsp3) is 0.917. The van der Waals surface area contributed by atoms with E-state index in [0.717, 1.165) is 13.0 Å². The Balaban J connectivity index is 2.23. The summed E-state index contributed by atoms with van der Waals surface area (Å²) in [4.78, 5) is 4.28. The molecule has 0 atom stereocenters. The zero-order valence-corrected chi connectivity index (χ0v) is 12.2. The average molecular weight is 275 g/mol. The van der Waals surface area contributed by atoms with Gasteiger partial charge in [0.25, 0.3) is 0 Å². The van der Waals surface area contributed by atoms with Gasteiger partial charge in [-0.1, -0.05) is 13.8 Å². The molecule has 0 aromatic heterocycles. The molecular formula is C12H25N3O2S. The van der Waals surface area contributed by atoms with Gasteiger partial charge in [-0.25, -0.2) is 8.42 Å². The molecule has 1 fully saturated rings. The topological polar surface area (TPSA) is 84.5 Å². The van der Waals surface area contributed by atoms with Gasteiger partial charge < -0.3 is 11.1 Å². The van der Waals surface area contributed by atoms with Crippen LogP contribution >= 0.6 is 0 Å². The maximum Gasteiger partial charge on any atom is 0.188 e. The fourth-order valence-corrected chi connectivity index (χ4v) is 3.48. The lowest BCUT2D eigenvalue weighted by Gasteiger charge is -2.20. The van der Waals surface area contributed by atoms with Gasteiger partial charge in [0.15, 0.2) is 5.96 Å². The average Bonchev–Trinajstić information content (AvgIpc) is 2.27. The number of hydrogen-bond acceptors (Lipinski definition) is 3. The van der Waals surface area contributed by atoms with Crippen LogP contribution in [0.25, 0.3) is 0 Å². The number of guanidine groups is 1. The van der Waals surface area contributed by atoms with E-state index in [4.69, 9.17) is 5.73 Å². The summed E-state index contributed by atoms with van der Waals surface area (Å²) in [5.74, 6) is 2.08. The van der Waals surface area contributed by atoms with Gasteiger partial charge in [-0.05, 0) is 31.1 Å². The normalized spacial score (nSPS) is 21.2. The molecule has 1 saturated heterocycles. The Labute approximate surface area is 110 Å². The molecular weight excluding hydrogens is 250 g/mol. The predicted octanol–water partition coefficient (Wildman–Crippen LogP) is 0.762. The molecule has 6 heteroatoms. The Morgan fingerprint density at radius 1 is 1.39 bits per heavy atom. The van der Waals surface area contributed by atoms with E-state index in [1.54, 1.807) is 0 Å². The van der Waals surface area contributed by atoms with E-state index >= 15 is 0 Å². The highest BCUT2D eigenvalue weighted by atomic mass is 32.2. The van der Waals surface area contributed by atoms with E-state index in [1.165, 1.54) is 0 Å². The molecule has 0 amide bonds. The van der Waals surface area contributed by atoms with Crippen molar-refractivity contribution in [1.82, 2.24) is 5.32 Å². The maximum atomic E-state index is 11.3. The van der Waals surface area contributed by atoms with Gasteiger partial charge in [0.05, 0.1) is 11.5 Å². The molecule has 1 aliphatic rings. The lowest BCUT2D eigenvalue weighted by molar-refractivity contribution is 0.474. The number of nitrogens with two attached hydrogens (primary N) is 1. The van der Waals surface area contributed by atoms with Crippen LogP contribution in [0.3, 0.4) is 0 Å². The summed E-state index contributed by atoms with van der Waals surface area (Å²) in [6.07, 6.45) is 2.49. The van der Waals surface area contributed by atoms with E-state index in [0.29, 0.717) is 48.7 Å². The second-order valence-electron chi connectivity index (χ2n) is 5.43. The third-order valence-corrected chi connectivity index (χ3v) is 4.94. The minimum atomic E-state index is -2.77. The molecule has 3 N–H and O–H groups in total. The lowest BCUT2D eigenvalue weighted by Crippen LogP contribution is -2.34. The van der Waals surface area contributed by atoms with Gasteiger partial charge in [0.1, 0.15) is 9.84 Å². The molecule has 0 bridgehead atoms. The van der Waals surface area contributed by atoms with Crippen molar-refractivity contribution in [2.75, 3.05) is 24.6 Å². The maximum absolute atomic E-state index is 11.3. The number of nitrogens with one attached hydrogen (secondary N) is 1. The number of aliphatic imine (C=N–C) groups is 1.